The van der Waals surface area contributed by atoms with E-state index in [1.807, 2.05) is 44.2 Å². The first-order valence-corrected chi connectivity index (χ1v) is 10.9. The van der Waals surface area contributed by atoms with Crippen LogP contribution in [0.15, 0.2) is 39.9 Å². The molecule has 0 radical (unpaired) electrons. The van der Waals surface area contributed by atoms with E-state index in [-0.39, 0.29) is 30.7 Å². The quantitative estimate of drug-likeness (QED) is 0.654. The van der Waals surface area contributed by atoms with Crippen molar-refractivity contribution >= 4 is 27.5 Å². The lowest BCUT2D eigenvalue weighted by atomic mass is 10.2. The molecule has 0 unspecified atom stereocenters. The topological polar surface area (TPSA) is 82.3 Å². The zero-order chi connectivity index (χ0) is 21.3. The summed E-state index contributed by atoms with van der Waals surface area (Å²) in [5, 5.41) is 3.38. The van der Waals surface area contributed by atoms with E-state index in [1.165, 1.54) is 20.5 Å². The Morgan fingerprint density at radius 1 is 1.20 bits per heavy atom. The number of hydrogen-bond acceptors (Lipinski definition) is 5. The number of aromatic nitrogens is 2. The van der Waals surface area contributed by atoms with Crippen molar-refractivity contribution in [1.29, 1.82) is 0 Å². The van der Waals surface area contributed by atoms with Crippen LogP contribution in [-0.4, -0.2) is 34.3 Å². The Morgan fingerprint density at radius 3 is 2.67 bits per heavy atom. The Hall–Kier alpha value is -2.71. The van der Waals surface area contributed by atoms with Crippen LogP contribution < -0.4 is 16.6 Å². The molecule has 0 saturated carbocycles. The second kappa shape index (κ2) is 8.57. The molecular formula is C22H25N3O4S. The van der Waals surface area contributed by atoms with E-state index in [1.54, 1.807) is 0 Å². The average Bonchev–Trinajstić information content (AvgIpc) is 3.36. The van der Waals surface area contributed by atoms with Crippen LogP contribution in [0, 0.1) is 13.8 Å². The molecule has 0 spiro atoms. The molecule has 1 atom stereocenters. The summed E-state index contributed by atoms with van der Waals surface area (Å²) < 4.78 is 8.19. The number of amides is 1. The van der Waals surface area contributed by atoms with Gasteiger partial charge < -0.3 is 10.1 Å². The number of nitrogens with zero attached hydrogens (tertiary/aromatic N) is 2. The van der Waals surface area contributed by atoms with Gasteiger partial charge in [-0.2, -0.15) is 0 Å². The van der Waals surface area contributed by atoms with Gasteiger partial charge in [-0.25, -0.2) is 4.79 Å². The zero-order valence-corrected chi connectivity index (χ0v) is 18.0. The Bertz CT molecular complexity index is 1190. The molecule has 4 rings (SSSR count). The fourth-order valence-corrected chi connectivity index (χ4v) is 4.92. The summed E-state index contributed by atoms with van der Waals surface area (Å²) in [5.41, 5.74) is 0.937. The Labute approximate surface area is 177 Å². The number of aryl methyl sites for hydroxylation is 2. The number of rotatable bonds is 6. The lowest BCUT2D eigenvalue weighted by Gasteiger charge is -2.14. The highest BCUT2D eigenvalue weighted by atomic mass is 32.1. The Balaban J connectivity index is 1.72. The molecule has 3 aromatic rings. The van der Waals surface area contributed by atoms with Crippen molar-refractivity contribution in [3.05, 3.63) is 67.2 Å². The molecule has 1 aliphatic rings. The van der Waals surface area contributed by atoms with Gasteiger partial charge in [-0.05, 0) is 37.8 Å². The number of hydrogen-bond donors (Lipinski definition) is 1. The molecule has 158 valence electrons. The normalized spacial score (nSPS) is 16.3. The van der Waals surface area contributed by atoms with Gasteiger partial charge in [0.2, 0.25) is 5.91 Å². The molecule has 2 aromatic heterocycles. The van der Waals surface area contributed by atoms with Crippen molar-refractivity contribution in [3.8, 4) is 0 Å². The molecule has 8 heteroatoms. The molecule has 30 heavy (non-hydrogen) atoms. The van der Waals surface area contributed by atoms with Crippen LogP contribution in [0.5, 0.6) is 0 Å². The molecular weight excluding hydrogens is 402 g/mol. The molecule has 1 N–H and O–H groups in total. The molecule has 1 fully saturated rings. The first kappa shape index (κ1) is 20.6. The SMILES string of the molecule is Cc1sc2c(c1C)c(=O)n(Cc1ccccc1)c(=O)n2CC(=O)NC[C@H]1CCCO1. The highest BCUT2D eigenvalue weighted by Gasteiger charge is 2.21. The van der Waals surface area contributed by atoms with E-state index < -0.39 is 5.69 Å². The van der Waals surface area contributed by atoms with Gasteiger partial charge >= 0.3 is 5.69 Å². The fraction of sp³-hybridized carbons (Fsp3) is 0.409. The summed E-state index contributed by atoms with van der Waals surface area (Å²) in [6.45, 7) is 5.00. The third-order valence-corrected chi connectivity index (χ3v) is 6.80. The van der Waals surface area contributed by atoms with Crippen LogP contribution in [0.2, 0.25) is 0 Å². The maximum absolute atomic E-state index is 13.3. The molecule has 0 bridgehead atoms. The average molecular weight is 428 g/mol. The summed E-state index contributed by atoms with van der Waals surface area (Å²) >= 11 is 1.38. The van der Waals surface area contributed by atoms with E-state index in [0.717, 1.165) is 35.5 Å². The third kappa shape index (κ3) is 3.97. The number of fused-ring (bicyclic) bond motifs is 1. The van der Waals surface area contributed by atoms with Gasteiger partial charge in [-0.1, -0.05) is 30.3 Å². The lowest BCUT2D eigenvalue weighted by molar-refractivity contribution is -0.122. The maximum Gasteiger partial charge on any atom is 0.332 e. The number of carbonyl (C=O) groups is 1. The summed E-state index contributed by atoms with van der Waals surface area (Å²) in [7, 11) is 0. The van der Waals surface area contributed by atoms with Crippen LogP contribution in [-0.2, 0) is 22.6 Å². The summed E-state index contributed by atoms with van der Waals surface area (Å²) in [5.74, 6) is -0.262. The van der Waals surface area contributed by atoms with E-state index in [4.69, 9.17) is 4.74 Å². The lowest BCUT2D eigenvalue weighted by Crippen LogP contribution is -2.43. The van der Waals surface area contributed by atoms with Crippen molar-refractivity contribution < 1.29 is 9.53 Å². The minimum Gasteiger partial charge on any atom is -0.376 e. The molecule has 0 aliphatic carbocycles. The second-order valence-electron chi connectivity index (χ2n) is 7.65. The Kier molecular flexibility index (Phi) is 5.87. The van der Waals surface area contributed by atoms with Gasteiger partial charge in [0.05, 0.1) is 18.0 Å². The van der Waals surface area contributed by atoms with Gasteiger partial charge in [0, 0.05) is 18.0 Å². The van der Waals surface area contributed by atoms with Crippen LogP contribution in [0.25, 0.3) is 10.2 Å². The summed E-state index contributed by atoms with van der Waals surface area (Å²) in [6.07, 6.45) is 1.96. The minimum absolute atomic E-state index is 0.0314. The first-order chi connectivity index (χ1) is 14.5. The largest absolute Gasteiger partial charge is 0.376 e. The van der Waals surface area contributed by atoms with Crippen molar-refractivity contribution in [2.75, 3.05) is 13.2 Å². The smallest absolute Gasteiger partial charge is 0.332 e. The highest BCUT2D eigenvalue weighted by molar-refractivity contribution is 7.18. The third-order valence-electron chi connectivity index (χ3n) is 5.57. The monoisotopic (exact) mass is 427 g/mol. The van der Waals surface area contributed by atoms with Crippen molar-refractivity contribution in [2.45, 2.75) is 45.9 Å². The molecule has 1 aromatic carbocycles. The van der Waals surface area contributed by atoms with Gasteiger partial charge in [0.15, 0.2) is 0 Å². The molecule has 1 amide bonds. The molecule has 1 saturated heterocycles. The van der Waals surface area contributed by atoms with Crippen LogP contribution >= 0.6 is 11.3 Å². The van der Waals surface area contributed by atoms with Gasteiger partial charge in [-0.3, -0.25) is 18.7 Å². The second-order valence-corrected chi connectivity index (χ2v) is 8.85. The number of benzene rings is 1. The van der Waals surface area contributed by atoms with Gasteiger partial charge in [0.25, 0.3) is 5.56 Å². The molecule has 1 aliphatic heterocycles. The Morgan fingerprint density at radius 2 is 1.97 bits per heavy atom. The number of nitrogens with one attached hydrogen (secondary N) is 1. The summed E-state index contributed by atoms with van der Waals surface area (Å²) in [6, 6.07) is 9.38. The summed E-state index contributed by atoms with van der Waals surface area (Å²) in [4.78, 5) is 40.5. The minimum atomic E-state index is -0.468. The fourth-order valence-electron chi connectivity index (χ4n) is 3.78. The molecule has 3 heterocycles. The number of carbonyl (C=O) groups excluding carboxylic acids is 1. The predicted molar refractivity (Wildman–Crippen MR) is 117 cm³/mol. The van der Waals surface area contributed by atoms with Crippen molar-refractivity contribution in [2.24, 2.45) is 0 Å². The first-order valence-electron chi connectivity index (χ1n) is 10.1. The van der Waals surface area contributed by atoms with Crippen molar-refractivity contribution in [3.63, 3.8) is 0 Å². The van der Waals surface area contributed by atoms with E-state index in [0.29, 0.717) is 16.8 Å². The van der Waals surface area contributed by atoms with E-state index in [2.05, 4.69) is 5.32 Å². The number of ether oxygens (including phenoxy) is 1. The zero-order valence-electron chi connectivity index (χ0n) is 17.1. The van der Waals surface area contributed by atoms with Crippen molar-refractivity contribution in [1.82, 2.24) is 14.5 Å². The van der Waals surface area contributed by atoms with Crippen LogP contribution in [0.4, 0.5) is 0 Å². The number of thiophene rings is 1. The van der Waals surface area contributed by atoms with Crippen LogP contribution in [0.3, 0.4) is 0 Å². The predicted octanol–water partition coefficient (Wildman–Crippen LogP) is 2.19. The maximum atomic E-state index is 13.3. The van der Waals surface area contributed by atoms with E-state index in [9.17, 15) is 14.4 Å². The van der Waals surface area contributed by atoms with Crippen LogP contribution in [0.1, 0.15) is 28.8 Å². The van der Waals surface area contributed by atoms with Gasteiger partial charge in [-0.15, -0.1) is 11.3 Å². The standard InChI is InChI=1S/C22H25N3O4S/c1-14-15(2)30-21-19(14)20(27)24(12-16-7-4-3-5-8-16)22(28)25(21)13-18(26)23-11-17-9-6-10-29-17/h3-5,7-8,17H,6,9-13H2,1-2H3,(H,23,26)/t17-/m1/s1. The van der Waals surface area contributed by atoms with Gasteiger partial charge in [0.1, 0.15) is 11.4 Å². The van der Waals surface area contributed by atoms with E-state index >= 15 is 0 Å². The molecule has 7 nitrogen and oxygen atoms in total. The highest BCUT2D eigenvalue weighted by Crippen LogP contribution is 2.26.